The van der Waals surface area contributed by atoms with Crippen LogP contribution in [0.4, 0.5) is 0 Å². The Hall–Kier alpha value is -1.89. The van der Waals surface area contributed by atoms with Crippen molar-refractivity contribution in [3.8, 4) is 17.1 Å². The predicted octanol–water partition coefficient (Wildman–Crippen LogP) is 6.75. The molecule has 0 bridgehead atoms. The van der Waals surface area contributed by atoms with E-state index in [1.807, 2.05) is 30.3 Å². The van der Waals surface area contributed by atoms with Crippen LogP contribution >= 0.6 is 43.6 Å². The van der Waals surface area contributed by atoms with Gasteiger partial charge in [-0.25, -0.2) is 0 Å². The first-order chi connectivity index (χ1) is 13.2. The molecular formula is C21H15Br2N3S. The van der Waals surface area contributed by atoms with E-state index in [1.165, 1.54) is 5.56 Å². The third kappa shape index (κ3) is 4.34. The minimum Gasteiger partial charge on any atom is -0.270 e. The highest BCUT2D eigenvalue weighted by molar-refractivity contribution is 9.10. The quantitative estimate of drug-likeness (QED) is 0.284. The molecule has 3 nitrogen and oxygen atoms in total. The van der Waals surface area contributed by atoms with Gasteiger partial charge in [-0.3, -0.25) is 4.57 Å². The molecule has 0 aliphatic heterocycles. The first kappa shape index (κ1) is 18.5. The summed E-state index contributed by atoms with van der Waals surface area (Å²) in [5.74, 6) is 1.66. The van der Waals surface area contributed by atoms with Crippen LogP contribution in [0, 0.1) is 0 Å². The van der Waals surface area contributed by atoms with Crippen LogP contribution in [-0.4, -0.2) is 14.8 Å². The van der Waals surface area contributed by atoms with E-state index in [-0.39, 0.29) is 0 Å². The van der Waals surface area contributed by atoms with E-state index in [1.54, 1.807) is 11.8 Å². The van der Waals surface area contributed by atoms with E-state index in [4.69, 9.17) is 0 Å². The number of hydrogen-bond acceptors (Lipinski definition) is 3. The van der Waals surface area contributed by atoms with Gasteiger partial charge < -0.3 is 0 Å². The molecule has 0 unspecified atom stereocenters. The summed E-state index contributed by atoms with van der Waals surface area (Å²) in [5.41, 5.74) is 3.32. The fourth-order valence-corrected chi connectivity index (χ4v) is 4.29. The first-order valence-electron chi connectivity index (χ1n) is 8.35. The number of rotatable bonds is 5. The molecule has 1 heterocycles. The molecule has 0 atom stereocenters. The van der Waals surface area contributed by atoms with Gasteiger partial charge >= 0.3 is 0 Å². The van der Waals surface area contributed by atoms with Gasteiger partial charge in [0, 0.05) is 25.9 Å². The molecule has 27 heavy (non-hydrogen) atoms. The molecule has 0 spiro atoms. The molecule has 3 aromatic carbocycles. The maximum Gasteiger partial charge on any atom is 0.196 e. The van der Waals surface area contributed by atoms with E-state index < -0.39 is 0 Å². The second kappa shape index (κ2) is 8.42. The van der Waals surface area contributed by atoms with Gasteiger partial charge in [0.2, 0.25) is 0 Å². The van der Waals surface area contributed by atoms with Crippen molar-refractivity contribution < 1.29 is 0 Å². The van der Waals surface area contributed by atoms with Crippen LogP contribution in [0.2, 0.25) is 0 Å². The minimum atomic E-state index is 0.830. The summed E-state index contributed by atoms with van der Waals surface area (Å²) < 4.78 is 4.22. The van der Waals surface area contributed by atoms with E-state index in [9.17, 15) is 0 Å². The molecule has 6 heteroatoms. The van der Waals surface area contributed by atoms with Crippen molar-refractivity contribution in [2.24, 2.45) is 0 Å². The Labute approximate surface area is 179 Å². The summed E-state index contributed by atoms with van der Waals surface area (Å²) in [6, 6.07) is 26.7. The standard InChI is InChI=1S/C21H15Br2N3S/c22-17-11-9-15(10-12-17)14-27-21-25-24-20(16-5-4-6-18(23)13-16)26(21)19-7-2-1-3-8-19/h1-13H,14H2. The second-order valence-electron chi connectivity index (χ2n) is 5.90. The molecule has 0 N–H and O–H groups in total. The molecule has 1 aromatic heterocycles. The number of para-hydroxylation sites is 1. The van der Waals surface area contributed by atoms with Gasteiger partial charge in [-0.2, -0.15) is 0 Å². The van der Waals surface area contributed by atoms with E-state index in [0.29, 0.717) is 0 Å². The topological polar surface area (TPSA) is 30.7 Å². The van der Waals surface area contributed by atoms with Crippen LogP contribution in [0.1, 0.15) is 5.56 Å². The maximum absolute atomic E-state index is 4.49. The molecule has 0 saturated carbocycles. The third-order valence-electron chi connectivity index (χ3n) is 4.01. The minimum absolute atomic E-state index is 0.830. The SMILES string of the molecule is Brc1ccc(CSc2nnc(-c3cccc(Br)c3)n2-c2ccccc2)cc1. The van der Waals surface area contributed by atoms with Gasteiger partial charge in [-0.05, 0) is 42.0 Å². The van der Waals surface area contributed by atoms with Crippen LogP contribution in [0.5, 0.6) is 0 Å². The summed E-state index contributed by atoms with van der Waals surface area (Å²) in [4.78, 5) is 0. The van der Waals surface area contributed by atoms with Crippen LogP contribution in [0.25, 0.3) is 17.1 Å². The van der Waals surface area contributed by atoms with Crippen molar-refractivity contribution in [2.45, 2.75) is 10.9 Å². The van der Waals surface area contributed by atoms with Crippen molar-refractivity contribution >= 4 is 43.6 Å². The van der Waals surface area contributed by atoms with Crippen LogP contribution in [0.3, 0.4) is 0 Å². The van der Waals surface area contributed by atoms with Gasteiger partial charge in [0.1, 0.15) is 0 Å². The average Bonchev–Trinajstić information content (AvgIpc) is 3.12. The van der Waals surface area contributed by atoms with E-state index in [0.717, 1.165) is 36.9 Å². The molecule has 134 valence electrons. The number of thioether (sulfide) groups is 1. The van der Waals surface area contributed by atoms with Gasteiger partial charge in [-0.1, -0.05) is 86.1 Å². The highest BCUT2D eigenvalue weighted by Crippen LogP contribution is 2.30. The zero-order valence-corrected chi connectivity index (χ0v) is 18.2. The van der Waals surface area contributed by atoms with Crippen molar-refractivity contribution in [3.63, 3.8) is 0 Å². The molecular weight excluding hydrogens is 486 g/mol. The van der Waals surface area contributed by atoms with Crippen LogP contribution in [0.15, 0.2) is 93.0 Å². The predicted molar refractivity (Wildman–Crippen MR) is 118 cm³/mol. The molecule has 0 saturated heterocycles. The van der Waals surface area contributed by atoms with Crippen molar-refractivity contribution in [3.05, 3.63) is 93.4 Å². The molecule has 0 aliphatic carbocycles. The first-order valence-corrected chi connectivity index (χ1v) is 10.9. The smallest absolute Gasteiger partial charge is 0.196 e. The molecule has 0 radical (unpaired) electrons. The van der Waals surface area contributed by atoms with Gasteiger partial charge in [-0.15, -0.1) is 10.2 Å². The van der Waals surface area contributed by atoms with Crippen LogP contribution in [-0.2, 0) is 5.75 Å². The third-order valence-corrected chi connectivity index (χ3v) is 6.03. The summed E-state index contributed by atoms with van der Waals surface area (Å²) >= 11 is 8.71. The number of halogens is 2. The normalized spacial score (nSPS) is 10.9. The number of benzene rings is 3. The second-order valence-corrected chi connectivity index (χ2v) is 8.68. The van der Waals surface area contributed by atoms with E-state index >= 15 is 0 Å². The lowest BCUT2D eigenvalue weighted by Gasteiger charge is -2.10. The number of aromatic nitrogens is 3. The molecule has 0 fully saturated rings. The highest BCUT2D eigenvalue weighted by atomic mass is 79.9. The summed E-state index contributed by atoms with van der Waals surface area (Å²) in [6.07, 6.45) is 0. The molecule has 4 rings (SSSR count). The Morgan fingerprint density at radius 3 is 2.30 bits per heavy atom. The lowest BCUT2D eigenvalue weighted by molar-refractivity contribution is 0.886. The summed E-state index contributed by atoms with van der Waals surface area (Å²) in [6.45, 7) is 0. The number of nitrogens with zero attached hydrogens (tertiary/aromatic N) is 3. The molecule has 4 aromatic rings. The lowest BCUT2D eigenvalue weighted by Crippen LogP contribution is -1.99. The van der Waals surface area contributed by atoms with Crippen molar-refractivity contribution in [2.75, 3.05) is 0 Å². The monoisotopic (exact) mass is 499 g/mol. The van der Waals surface area contributed by atoms with Gasteiger partial charge in [0.15, 0.2) is 11.0 Å². The van der Waals surface area contributed by atoms with Gasteiger partial charge in [0.05, 0.1) is 0 Å². The Morgan fingerprint density at radius 2 is 1.56 bits per heavy atom. The zero-order valence-electron chi connectivity index (χ0n) is 14.2. The largest absolute Gasteiger partial charge is 0.270 e. The lowest BCUT2D eigenvalue weighted by atomic mass is 10.2. The Bertz CT molecular complexity index is 1050. The number of hydrogen-bond donors (Lipinski definition) is 0. The summed E-state index contributed by atoms with van der Waals surface area (Å²) in [5, 5.41) is 9.85. The molecule has 0 amide bonds. The maximum atomic E-state index is 4.49. The Morgan fingerprint density at radius 1 is 0.778 bits per heavy atom. The highest BCUT2D eigenvalue weighted by Gasteiger charge is 2.16. The zero-order chi connectivity index (χ0) is 18.6. The summed E-state index contributed by atoms with van der Waals surface area (Å²) in [7, 11) is 0. The molecule has 0 aliphatic rings. The Kier molecular flexibility index (Phi) is 5.76. The fourth-order valence-electron chi connectivity index (χ4n) is 2.72. The van der Waals surface area contributed by atoms with Crippen LogP contribution < -0.4 is 0 Å². The average molecular weight is 501 g/mol. The Balaban J connectivity index is 1.72. The van der Waals surface area contributed by atoms with Crippen molar-refractivity contribution in [1.29, 1.82) is 0 Å². The van der Waals surface area contributed by atoms with E-state index in [2.05, 4.69) is 95.2 Å². The van der Waals surface area contributed by atoms with Crippen molar-refractivity contribution in [1.82, 2.24) is 14.8 Å². The fraction of sp³-hybridized carbons (Fsp3) is 0.0476. The van der Waals surface area contributed by atoms with Gasteiger partial charge in [0.25, 0.3) is 0 Å².